The van der Waals surface area contributed by atoms with Gasteiger partial charge in [-0.15, -0.1) is 0 Å². The van der Waals surface area contributed by atoms with Crippen molar-refractivity contribution >= 4 is 11.8 Å². The smallest absolute Gasteiger partial charge is 0.254 e. The molecule has 1 aliphatic heterocycles. The van der Waals surface area contributed by atoms with Crippen molar-refractivity contribution in [3.05, 3.63) is 65.5 Å². The summed E-state index contributed by atoms with van der Waals surface area (Å²) in [6, 6.07) is 11.4. The molecule has 1 unspecified atom stereocenters. The lowest BCUT2D eigenvalue weighted by Crippen LogP contribution is -2.61. The number of carbonyl (C=O) groups is 2. The maximum Gasteiger partial charge on any atom is 0.254 e. The number of amides is 2. The monoisotopic (exact) mass is 393 g/mol. The highest BCUT2D eigenvalue weighted by Gasteiger charge is 2.55. The summed E-state index contributed by atoms with van der Waals surface area (Å²) in [5, 5.41) is 3.10. The number of pyridine rings is 1. The van der Waals surface area contributed by atoms with Crippen LogP contribution in [0.25, 0.3) is 0 Å². The SMILES string of the molecule is COCCN1C(=O)c2ccccc2C(C(=O)NCc2cccnc2)C12CCCC2. The molecular formula is C23H27N3O3. The molecule has 1 atom stereocenters. The fraction of sp³-hybridized carbons (Fsp3) is 0.435. The molecule has 2 heterocycles. The van der Waals surface area contributed by atoms with E-state index in [-0.39, 0.29) is 17.7 Å². The zero-order valence-corrected chi connectivity index (χ0v) is 16.8. The summed E-state index contributed by atoms with van der Waals surface area (Å²) in [6.45, 7) is 1.38. The van der Waals surface area contributed by atoms with Gasteiger partial charge in [0.05, 0.1) is 18.1 Å². The van der Waals surface area contributed by atoms with E-state index in [1.54, 1.807) is 19.5 Å². The van der Waals surface area contributed by atoms with Gasteiger partial charge in [0.15, 0.2) is 0 Å². The van der Waals surface area contributed by atoms with Crippen LogP contribution in [-0.2, 0) is 16.1 Å². The van der Waals surface area contributed by atoms with Gasteiger partial charge in [-0.1, -0.05) is 37.1 Å². The first-order valence-corrected chi connectivity index (χ1v) is 10.2. The summed E-state index contributed by atoms with van der Waals surface area (Å²) in [7, 11) is 1.64. The van der Waals surface area contributed by atoms with E-state index in [4.69, 9.17) is 4.74 Å². The van der Waals surface area contributed by atoms with Crippen LogP contribution in [0.15, 0.2) is 48.8 Å². The first kappa shape index (κ1) is 19.6. The average molecular weight is 393 g/mol. The minimum atomic E-state index is -0.483. The number of hydrogen-bond acceptors (Lipinski definition) is 4. The van der Waals surface area contributed by atoms with Gasteiger partial charge < -0.3 is 15.0 Å². The Morgan fingerprint density at radius 1 is 1.24 bits per heavy atom. The molecule has 152 valence electrons. The van der Waals surface area contributed by atoms with Gasteiger partial charge in [0.1, 0.15) is 0 Å². The van der Waals surface area contributed by atoms with Gasteiger partial charge in [0, 0.05) is 38.2 Å². The summed E-state index contributed by atoms with van der Waals surface area (Å²) >= 11 is 0. The van der Waals surface area contributed by atoms with E-state index < -0.39 is 5.54 Å². The summed E-state index contributed by atoms with van der Waals surface area (Å²) in [5.74, 6) is -0.401. The standard InChI is InChI=1S/C23H27N3O3/c1-29-14-13-26-22(28)19-9-3-2-8-18(19)20(23(26)10-4-5-11-23)21(27)25-16-17-7-6-12-24-15-17/h2-3,6-9,12,15,20H,4-5,10-11,13-14,16H2,1H3,(H,25,27). The van der Waals surface area contributed by atoms with E-state index in [1.165, 1.54) is 0 Å². The third-order valence-corrected chi connectivity index (χ3v) is 6.26. The van der Waals surface area contributed by atoms with Crippen LogP contribution < -0.4 is 5.32 Å². The Bertz CT molecular complexity index is 878. The minimum absolute atomic E-state index is 0.0101. The molecule has 0 radical (unpaired) electrons. The van der Waals surface area contributed by atoms with E-state index in [0.717, 1.165) is 36.8 Å². The van der Waals surface area contributed by atoms with Gasteiger partial charge in [-0.3, -0.25) is 14.6 Å². The number of carbonyl (C=O) groups excluding carboxylic acids is 2. The number of methoxy groups -OCH3 is 1. The molecule has 6 nitrogen and oxygen atoms in total. The lowest BCUT2D eigenvalue weighted by atomic mass is 9.71. The first-order chi connectivity index (χ1) is 14.2. The number of nitrogens with one attached hydrogen (secondary N) is 1. The van der Waals surface area contributed by atoms with Crippen molar-refractivity contribution in [2.75, 3.05) is 20.3 Å². The second-order valence-corrected chi connectivity index (χ2v) is 7.86. The van der Waals surface area contributed by atoms with Crippen LogP contribution in [0.5, 0.6) is 0 Å². The quantitative estimate of drug-likeness (QED) is 0.819. The van der Waals surface area contributed by atoms with Gasteiger partial charge in [-0.2, -0.15) is 0 Å². The van der Waals surface area contributed by atoms with Gasteiger partial charge >= 0.3 is 0 Å². The molecule has 1 fully saturated rings. The van der Waals surface area contributed by atoms with Gasteiger partial charge in [-0.25, -0.2) is 0 Å². The number of benzene rings is 1. The van der Waals surface area contributed by atoms with Crippen LogP contribution in [0.3, 0.4) is 0 Å². The van der Waals surface area contributed by atoms with Gasteiger partial charge in [0.2, 0.25) is 5.91 Å². The maximum atomic E-state index is 13.5. The molecular weight excluding hydrogens is 366 g/mol. The number of nitrogens with zero attached hydrogens (tertiary/aromatic N) is 2. The Kier molecular flexibility index (Phi) is 5.62. The highest BCUT2D eigenvalue weighted by molar-refractivity contribution is 6.02. The molecule has 0 bridgehead atoms. The summed E-state index contributed by atoms with van der Waals surface area (Å²) in [5.41, 5.74) is 1.94. The van der Waals surface area contributed by atoms with Gasteiger partial charge in [-0.05, 0) is 36.1 Å². The van der Waals surface area contributed by atoms with E-state index in [0.29, 0.717) is 25.3 Å². The van der Waals surface area contributed by atoms with Crippen molar-refractivity contribution in [3.63, 3.8) is 0 Å². The summed E-state index contributed by atoms with van der Waals surface area (Å²) in [6.07, 6.45) is 7.19. The van der Waals surface area contributed by atoms with E-state index in [9.17, 15) is 9.59 Å². The van der Waals surface area contributed by atoms with Gasteiger partial charge in [0.25, 0.3) is 5.91 Å². The van der Waals surface area contributed by atoms with Crippen molar-refractivity contribution < 1.29 is 14.3 Å². The van der Waals surface area contributed by atoms with Crippen LogP contribution in [0, 0.1) is 0 Å². The first-order valence-electron chi connectivity index (χ1n) is 10.2. The van der Waals surface area contributed by atoms with Crippen LogP contribution in [0.2, 0.25) is 0 Å². The fourth-order valence-electron chi connectivity index (χ4n) is 4.97. The minimum Gasteiger partial charge on any atom is -0.383 e. The normalized spacial score (nSPS) is 20.0. The topological polar surface area (TPSA) is 71.5 Å². The average Bonchev–Trinajstić information content (AvgIpc) is 3.23. The molecule has 2 aromatic rings. The second kappa shape index (κ2) is 8.33. The molecule has 1 aromatic heterocycles. The summed E-state index contributed by atoms with van der Waals surface area (Å²) in [4.78, 5) is 32.9. The van der Waals surface area contributed by atoms with E-state index >= 15 is 0 Å². The predicted octanol–water partition coefficient (Wildman–Crippen LogP) is 2.90. The molecule has 29 heavy (non-hydrogen) atoms. The molecule has 1 saturated carbocycles. The second-order valence-electron chi connectivity index (χ2n) is 7.86. The zero-order valence-electron chi connectivity index (χ0n) is 16.8. The summed E-state index contributed by atoms with van der Waals surface area (Å²) < 4.78 is 5.28. The molecule has 1 N–H and O–H groups in total. The Morgan fingerprint density at radius 3 is 2.76 bits per heavy atom. The third kappa shape index (κ3) is 3.53. The van der Waals surface area contributed by atoms with Crippen molar-refractivity contribution in [1.82, 2.24) is 15.2 Å². The number of rotatable bonds is 6. The lowest BCUT2D eigenvalue weighted by Gasteiger charge is -2.50. The highest BCUT2D eigenvalue weighted by atomic mass is 16.5. The number of aromatic nitrogens is 1. The lowest BCUT2D eigenvalue weighted by molar-refractivity contribution is -0.126. The van der Waals surface area contributed by atoms with Crippen molar-refractivity contribution in [1.29, 1.82) is 0 Å². The molecule has 6 heteroatoms. The third-order valence-electron chi connectivity index (χ3n) is 6.26. The molecule has 2 amide bonds. The van der Waals surface area contributed by atoms with Crippen LogP contribution >= 0.6 is 0 Å². The molecule has 0 saturated heterocycles. The predicted molar refractivity (Wildman–Crippen MR) is 109 cm³/mol. The van der Waals surface area contributed by atoms with Crippen molar-refractivity contribution in [2.45, 2.75) is 43.7 Å². The van der Waals surface area contributed by atoms with E-state index in [2.05, 4.69) is 10.3 Å². The Labute approximate surface area is 171 Å². The largest absolute Gasteiger partial charge is 0.383 e. The molecule has 1 aromatic carbocycles. The zero-order chi connectivity index (χ0) is 20.3. The van der Waals surface area contributed by atoms with Crippen LogP contribution in [-0.4, -0.2) is 47.5 Å². The Morgan fingerprint density at radius 2 is 2.03 bits per heavy atom. The molecule has 4 rings (SSSR count). The van der Waals surface area contributed by atoms with Crippen LogP contribution in [0.1, 0.15) is 53.1 Å². The number of ether oxygens (including phenoxy) is 1. The van der Waals surface area contributed by atoms with Crippen molar-refractivity contribution in [2.24, 2.45) is 0 Å². The van der Waals surface area contributed by atoms with E-state index in [1.807, 2.05) is 41.3 Å². The highest BCUT2D eigenvalue weighted by Crippen LogP contribution is 2.50. The maximum absolute atomic E-state index is 13.5. The Balaban J connectivity index is 1.71. The van der Waals surface area contributed by atoms with Crippen molar-refractivity contribution in [3.8, 4) is 0 Å². The van der Waals surface area contributed by atoms with Crippen LogP contribution in [0.4, 0.5) is 0 Å². The number of hydrogen-bond donors (Lipinski definition) is 1. The fourth-order valence-corrected chi connectivity index (χ4v) is 4.97. The number of fused-ring (bicyclic) bond motifs is 1. The Hall–Kier alpha value is -2.73. The molecule has 2 aliphatic rings. The molecule has 1 spiro atoms. The molecule has 1 aliphatic carbocycles.